The van der Waals surface area contributed by atoms with E-state index >= 15 is 0 Å². The minimum atomic E-state index is -1.13. The molecule has 0 saturated carbocycles. The van der Waals surface area contributed by atoms with Crippen molar-refractivity contribution < 1.29 is 23.8 Å². The third-order valence-electron chi connectivity index (χ3n) is 3.24. The number of carbonyl (C=O) groups is 2. The number of furan rings is 1. The Labute approximate surface area is 117 Å². The van der Waals surface area contributed by atoms with Gasteiger partial charge in [-0.05, 0) is 39.8 Å². The summed E-state index contributed by atoms with van der Waals surface area (Å²) in [4.78, 5) is 25.1. The lowest BCUT2D eigenvalue weighted by Crippen LogP contribution is -2.58. The maximum absolute atomic E-state index is 12.2. The molecule has 1 fully saturated rings. The summed E-state index contributed by atoms with van der Waals surface area (Å²) in [5.41, 5.74) is -0.528. The second kappa shape index (κ2) is 4.94. The highest BCUT2D eigenvalue weighted by Gasteiger charge is 2.47. The van der Waals surface area contributed by atoms with Crippen molar-refractivity contribution in [2.24, 2.45) is 0 Å². The highest BCUT2D eigenvalue weighted by Crippen LogP contribution is 2.36. The van der Waals surface area contributed by atoms with Crippen LogP contribution in [-0.4, -0.2) is 40.1 Å². The van der Waals surface area contributed by atoms with Gasteiger partial charge in [-0.25, -0.2) is 4.79 Å². The first-order valence-corrected chi connectivity index (χ1v) is 6.44. The highest BCUT2D eigenvalue weighted by molar-refractivity contribution is 5.83. The first-order chi connectivity index (χ1) is 9.21. The lowest BCUT2D eigenvalue weighted by Gasteiger charge is -2.45. The fourth-order valence-corrected chi connectivity index (χ4v) is 2.50. The quantitative estimate of drug-likeness (QED) is 0.893. The molecule has 0 aromatic carbocycles. The minimum Gasteiger partial charge on any atom is -0.479 e. The van der Waals surface area contributed by atoms with Gasteiger partial charge in [-0.3, -0.25) is 4.79 Å². The lowest BCUT2D eigenvalue weighted by atomic mass is 9.96. The molecule has 20 heavy (non-hydrogen) atoms. The number of aliphatic carboxylic acids is 1. The minimum absolute atomic E-state index is 0.232. The average molecular weight is 281 g/mol. The van der Waals surface area contributed by atoms with Gasteiger partial charge in [0.05, 0.1) is 0 Å². The Hall–Kier alpha value is -1.82. The zero-order chi connectivity index (χ0) is 15.1. The zero-order valence-corrected chi connectivity index (χ0v) is 12.0. The SMILES string of the molecule is Cc1ccc(C2C(C(=O)O)OCC(=O)N2C(C)(C)C)o1. The van der Waals surface area contributed by atoms with E-state index in [4.69, 9.17) is 9.15 Å². The number of carboxylic acid groups (broad SMARTS) is 1. The summed E-state index contributed by atoms with van der Waals surface area (Å²) >= 11 is 0. The van der Waals surface area contributed by atoms with E-state index in [1.807, 2.05) is 20.8 Å². The Bertz CT molecular complexity index is 528. The molecule has 0 spiro atoms. The van der Waals surface area contributed by atoms with Gasteiger partial charge in [0.15, 0.2) is 6.10 Å². The van der Waals surface area contributed by atoms with E-state index < -0.39 is 23.7 Å². The number of amides is 1. The number of carboxylic acids is 1. The van der Waals surface area contributed by atoms with E-state index in [2.05, 4.69) is 0 Å². The third kappa shape index (κ3) is 2.56. The van der Waals surface area contributed by atoms with Gasteiger partial charge in [0.1, 0.15) is 24.2 Å². The first-order valence-electron chi connectivity index (χ1n) is 6.44. The molecular weight excluding hydrogens is 262 g/mol. The number of hydrogen-bond acceptors (Lipinski definition) is 4. The molecule has 1 N–H and O–H groups in total. The van der Waals surface area contributed by atoms with Gasteiger partial charge in [-0.1, -0.05) is 0 Å². The molecule has 1 aromatic heterocycles. The van der Waals surface area contributed by atoms with Crippen LogP contribution in [0.1, 0.15) is 38.3 Å². The Morgan fingerprint density at radius 1 is 1.40 bits per heavy atom. The Morgan fingerprint density at radius 2 is 2.05 bits per heavy atom. The number of morpholine rings is 1. The molecule has 6 nitrogen and oxygen atoms in total. The third-order valence-corrected chi connectivity index (χ3v) is 3.24. The fraction of sp³-hybridized carbons (Fsp3) is 0.571. The van der Waals surface area contributed by atoms with Crippen LogP contribution in [0.15, 0.2) is 16.5 Å². The van der Waals surface area contributed by atoms with Crippen LogP contribution in [0, 0.1) is 6.92 Å². The van der Waals surface area contributed by atoms with Crippen molar-refractivity contribution in [1.29, 1.82) is 0 Å². The van der Waals surface area contributed by atoms with E-state index in [9.17, 15) is 14.7 Å². The lowest BCUT2D eigenvalue weighted by molar-refractivity contribution is -0.181. The van der Waals surface area contributed by atoms with Crippen LogP contribution in [0.2, 0.25) is 0 Å². The van der Waals surface area contributed by atoms with Gasteiger partial charge in [-0.15, -0.1) is 0 Å². The summed E-state index contributed by atoms with van der Waals surface area (Å²) in [6, 6.07) is 2.67. The van der Waals surface area contributed by atoms with Crippen LogP contribution in [0.25, 0.3) is 0 Å². The van der Waals surface area contributed by atoms with E-state index in [1.165, 1.54) is 4.90 Å². The molecule has 2 rings (SSSR count). The van der Waals surface area contributed by atoms with Crippen LogP contribution >= 0.6 is 0 Å². The van der Waals surface area contributed by atoms with Gasteiger partial charge in [0.25, 0.3) is 0 Å². The van der Waals surface area contributed by atoms with Crippen LogP contribution in [0.4, 0.5) is 0 Å². The topological polar surface area (TPSA) is 80.0 Å². The molecule has 0 bridgehead atoms. The number of ether oxygens (including phenoxy) is 1. The van der Waals surface area contributed by atoms with Crippen molar-refractivity contribution in [1.82, 2.24) is 4.90 Å². The monoisotopic (exact) mass is 281 g/mol. The largest absolute Gasteiger partial charge is 0.479 e. The predicted molar refractivity (Wildman–Crippen MR) is 70.2 cm³/mol. The first kappa shape index (κ1) is 14.6. The molecule has 0 aliphatic carbocycles. The summed E-state index contributed by atoms with van der Waals surface area (Å²) in [5, 5.41) is 9.34. The second-order valence-corrected chi connectivity index (χ2v) is 5.90. The van der Waals surface area contributed by atoms with E-state index in [-0.39, 0.29) is 12.5 Å². The van der Waals surface area contributed by atoms with E-state index in [1.54, 1.807) is 19.1 Å². The second-order valence-electron chi connectivity index (χ2n) is 5.90. The Kier molecular flexibility index (Phi) is 3.60. The summed E-state index contributed by atoms with van der Waals surface area (Å²) < 4.78 is 10.7. The molecule has 1 saturated heterocycles. The molecule has 2 atom stereocenters. The molecule has 2 unspecified atom stereocenters. The highest BCUT2D eigenvalue weighted by atomic mass is 16.5. The maximum atomic E-state index is 12.2. The molecular formula is C14H19NO5. The molecule has 1 aliphatic heterocycles. The van der Waals surface area contributed by atoms with Crippen molar-refractivity contribution in [3.8, 4) is 0 Å². The summed E-state index contributed by atoms with van der Waals surface area (Å²) in [7, 11) is 0. The van der Waals surface area contributed by atoms with Crippen LogP contribution in [0.5, 0.6) is 0 Å². The molecule has 1 aromatic rings. The number of aryl methyl sites for hydroxylation is 1. The van der Waals surface area contributed by atoms with Crippen molar-refractivity contribution in [3.05, 3.63) is 23.7 Å². The van der Waals surface area contributed by atoms with E-state index in [0.717, 1.165) is 0 Å². The number of carbonyl (C=O) groups excluding carboxylic acids is 1. The van der Waals surface area contributed by atoms with Crippen LogP contribution < -0.4 is 0 Å². The standard InChI is InChI=1S/C14H19NO5/c1-8-5-6-9(20-8)11-12(13(17)18)19-7-10(16)15(11)14(2,3)4/h5-6,11-12H,7H2,1-4H3,(H,17,18). The van der Waals surface area contributed by atoms with E-state index in [0.29, 0.717) is 11.5 Å². The summed E-state index contributed by atoms with van der Waals surface area (Å²) in [6.45, 7) is 7.12. The van der Waals surface area contributed by atoms with Gasteiger partial charge in [-0.2, -0.15) is 0 Å². The van der Waals surface area contributed by atoms with Gasteiger partial charge in [0.2, 0.25) is 5.91 Å². The number of hydrogen-bond donors (Lipinski definition) is 1. The fourth-order valence-electron chi connectivity index (χ4n) is 2.50. The predicted octanol–water partition coefficient (Wildman–Crippen LogP) is 1.74. The maximum Gasteiger partial charge on any atom is 0.335 e. The van der Waals surface area contributed by atoms with Crippen LogP contribution in [0.3, 0.4) is 0 Å². The average Bonchev–Trinajstić information content (AvgIpc) is 2.73. The normalized spacial score (nSPS) is 24.0. The Morgan fingerprint density at radius 3 is 2.50 bits per heavy atom. The van der Waals surface area contributed by atoms with Crippen molar-refractivity contribution in [3.63, 3.8) is 0 Å². The molecule has 6 heteroatoms. The molecule has 1 aliphatic rings. The summed E-state index contributed by atoms with van der Waals surface area (Å²) in [6.07, 6.45) is -1.13. The molecule has 110 valence electrons. The smallest absolute Gasteiger partial charge is 0.335 e. The zero-order valence-electron chi connectivity index (χ0n) is 12.0. The van der Waals surface area contributed by atoms with Crippen molar-refractivity contribution in [2.45, 2.75) is 45.4 Å². The molecule has 1 amide bonds. The van der Waals surface area contributed by atoms with Crippen LogP contribution in [-0.2, 0) is 14.3 Å². The van der Waals surface area contributed by atoms with Gasteiger partial charge >= 0.3 is 5.97 Å². The van der Waals surface area contributed by atoms with Crippen molar-refractivity contribution >= 4 is 11.9 Å². The molecule has 0 radical (unpaired) electrons. The number of nitrogens with zero attached hydrogens (tertiary/aromatic N) is 1. The van der Waals surface area contributed by atoms with Gasteiger partial charge in [0, 0.05) is 5.54 Å². The summed E-state index contributed by atoms with van der Waals surface area (Å²) in [5.74, 6) is -0.256. The van der Waals surface area contributed by atoms with Crippen molar-refractivity contribution in [2.75, 3.05) is 6.61 Å². The molecule has 2 heterocycles. The number of rotatable bonds is 2. The Balaban J connectivity index is 2.50. The van der Waals surface area contributed by atoms with Gasteiger partial charge < -0.3 is 19.2 Å².